The number of para-hydroxylation sites is 1. The van der Waals surface area contributed by atoms with Gasteiger partial charge in [0.05, 0.1) is 11.1 Å². The Morgan fingerprint density at radius 2 is 1.82 bits per heavy atom. The molecule has 0 saturated heterocycles. The third-order valence-electron chi connectivity index (χ3n) is 4.35. The summed E-state index contributed by atoms with van der Waals surface area (Å²) in [7, 11) is 1.94. The number of hydrogen-bond donors (Lipinski definition) is 2. The van der Waals surface area contributed by atoms with Gasteiger partial charge in [-0.3, -0.25) is 14.9 Å². The van der Waals surface area contributed by atoms with E-state index in [0.29, 0.717) is 23.1 Å². The molecule has 2 amide bonds. The minimum atomic E-state index is -0.377. The molecular formula is C17H14N2O3. The van der Waals surface area contributed by atoms with Crippen molar-refractivity contribution in [2.75, 3.05) is 6.61 Å². The number of aliphatic hydroxyl groups excluding tert-OH is 1. The first-order chi connectivity index (χ1) is 10.6. The lowest BCUT2D eigenvalue weighted by molar-refractivity contribution is 0.0880. The molecule has 0 fully saturated rings. The van der Waals surface area contributed by atoms with Crippen molar-refractivity contribution in [1.29, 1.82) is 0 Å². The third kappa shape index (κ3) is 1.51. The van der Waals surface area contributed by atoms with Gasteiger partial charge in [0.25, 0.3) is 11.8 Å². The van der Waals surface area contributed by atoms with E-state index in [1.807, 2.05) is 41.9 Å². The fourth-order valence-corrected chi connectivity index (χ4v) is 3.40. The Hall–Kier alpha value is -2.66. The van der Waals surface area contributed by atoms with Gasteiger partial charge in [-0.1, -0.05) is 18.2 Å². The number of nitrogens with zero attached hydrogens (tertiary/aromatic N) is 1. The van der Waals surface area contributed by atoms with E-state index in [2.05, 4.69) is 5.32 Å². The summed E-state index contributed by atoms with van der Waals surface area (Å²) in [4.78, 5) is 24.4. The quantitative estimate of drug-likeness (QED) is 0.707. The van der Waals surface area contributed by atoms with Crippen LogP contribution in [-0.2, 0) is 13.5 Å². The molecule has 22 heavy (non-hydrogen) atoms. The number of aliphatic hydroxyl groups is 1. The van der Waals surface area contributed by atoms with Crippen molar-refractivity contribution in [2.24, 2.45) is 7.05 Å². The molecule has 1 aromatic heterocycles. The predicted molar refractivity (Wildman–Crippen MR) is 83.0 cm³/mol. The highest BCUT2D eigenvalue weighted by Gasteiger charge is 2.33. The molecule has 5 heteroatoms. The lowest BCUT2D eigenvalue weighted by atomic mass is 9.95. The van der Waals surface area contributed by atoms with Crippen LogP contribution in [0.5, 0.6) is 0 Å². The van der Waals surface area contributed by atoms with E-state index in [9.17, 15) is 14.7 Å². The molecule has 2 heterocycles. The number of aryl methyl sites for hydroxylation is 1. The first-order valence-corrected chi connectivity index (χ1v) is 7.13. The lowest BCUT2D eigenvalue weighted by Crippen LogP contribution is -2.20. The average molecular weight is 294 g/mol. The second kappa shape index (κ2) is 4.42. The topological polar surface area (TPSA) is 71.3 Å². The molecule has 3 aromatic rings. The van der Waals surface area contributed by atoms with Gasteiger partial charge in [-0.2, -0.15) is 0 Å². The largest absolute Gasteiger partial charge is 0.396 e. The summed E-state index contributed by atoms with van der Waals surface area (Å²) in [6.45, 7) is -0.0661. The highest BCUT2D eigenvalue weighted by atomic mass is 16.3. The van der Waals surface area contributed by atoms with Crippen molar-refractivity contribution >= 4 is 33.6 Å². The van der Waals surface area contributed by atoms with E-state index in [4.69, 9.17) is 0 Å². The molecule has 0 spiro atoms. The Kier molecular flexibility index (Phi) is 2.62. The van der Waals surface area contributed by atoms with E-state index in [1.54, 1.807) is 0 Å². The van der Waals surface area contributed by atoms with Gasteiger partial charge in [-0.15, -0.1) is 0 Å². The molecule has 0 radical (unpaired) electrons. The molecule has 5 nitrogen and oxygen atoms in total. The van der Waals surface area contributed by atoms with Gasteiger partial charge >= 0.3 is 0 Å². The summed E-state index contributed by atoms with van der Waals surface area (Å²) >= 11 is 0. The molecule has 1 aliphatic rings. The van der Waals surface area contributed by atoms with Crippen LogP contribution in [0.3, 0.4) is 0 Å². The number of aromatic nitrogens is 1. The smallest absolute Gasteiger partial charge is 0.259 e. The second-order valence-electron chi connectivity index (χ2n) is 5.51. The zero-order chi connectivity index (χ0) is 15.4. The standard InChI is InChI=1S/C17H14N2O3/c1-19-11-5-3-2-4-10(11)14-12(19)8-9(6-7-20)13-15(14)17(22)18-16(13)21/h2-5,8,20H,6-7H2,1H3,(H,18,21,22). The summed E-state index contributed by atoms with van der Waals surface area (Å²) in [5, 5.41) is 13.4. The lowest BCUT2D eigenvalue weighted by Gasteiger charge is -2.07. The van der Waals surface area contributed by atoms with Gasteiger partial charge in [-0.05, 0) is 24.1 Å². The monoisotopic (exact) mass is 294 g/mol. The van der Waals surface area contributed by atoms with Crippen LogP contribution in [-0.4, -0.2) is 28.1 Å². The SMILES string of the molecule is Cn1c2ccccc2c2c3c(c(CCO)cc21)C(=O)NC3=O. The normalized spacial score (nSPS) is 13.9. The van der Waals surface area contributed by atoms with Crippen molar-refractivity contribution in [1.82, 2.24) is 9.88 Å². The predicted octanol–water partition coefficient (Wildman–Crippen LogP) is 1.75. The van der Waals surface area contributed by atoms with E-state index < -0.39 is 0 Å². The van der Waals surface area contributed by atoms with Gasteiger partial charge in [0.1, 0.15) is 0 Å². The Morgan fingerprint density at radius 1 is 1.09 bits per heavy atom. The second-order valence-corrected chi connectivity index (χ2v) is 5.51. The molecule has 110 valence electrons. The summed E-state index contributed by atoms with van der Waals surface area (Å²) in [6.07, 6.45) is 0.348. The highest BCUT2D eigenvalue weighted by molar-refractivity contribution is 6.30. The molecule has 0 aliphatic carbocycles. The Labute approximate surface area is 126 Å². The molecule has 0 bridgehead atoms. The molecule has 2 N–H and O–H groups in total. The molecular weight excluding hydrogens is 280 g/mol. The van der Waals surface area contributed by atoms with E-state index in [0.717, 1.165) is 21.8 Å². The minimum Gasteiger partial charge on any atom is -0.396 e. The van der Waals surface area contributed by atoms with Crippen molar-refractivity contribution in [3.8, 4) is 0 Å². The van der Waals surface area contributed by atoms with Crippen LogP contribution >= 0.6 is 0 Å². The summed E-state index contributed by atoms with van der Waals surface area (Å²) in [6, 6.07) is 9.72. The fraction of sp³-hybridized carbons (Fsp3) is 0.176. The van der Waals surface area contributed by atoms with Crippen molar-refractivity contribution in [3.63, 3.8) is 0 Å². The maximum Gasteiger partial charge on any atom is 0.259 e. The molecule has 1 aliphatic heterocycles. The maximum atomic E-state index is 12.3. The molecule has 2 aromatic carbocycles. The number of imide groups is 1. The highest BCUT2D eigenvalue weighted by Crippen LogP contribution is 2.36. The molecule has 4 rings (SSSR count). The summed E-state index contributed by atoms with van der Waals surface area (Å²) in [5.74, 6) is -0.737. The van der Waals surface area contributed by atoms with Crippen LogP contribution in [0.4, 0.5) is 0 Å². The van der Waals surface area contributed by atoms with Crippen LogP contribution in [0.2, 0.25) is 0 Å². The third-order valence-corrected chi connectivity index (χ3v) is 4.35. The fourth-order valence-electron chi connectivity index (χ4n) is 3.40. The van der Waals surface area contributed by atoms with Crippen LogP contribution in [0.1, 0.15) is 26.3 Å². The van der Waals surface area contributed by atoms with Gasteiger partial charge in [-0.25, -0.2) is 0 Å². The first-order valence-electron chi connectivity index (χ1n) is 7.13. The molecule has 0 atom stereocenters. The zero-order valence-electron chi connectivity index (χ0n) is 12.0. The van der Waals surface area contributed by atoms with Crippen molar-refractivity contribution in [3.05, 3.63) is 47.0 Å². The number of nitrogens with one attached hydrogen (secondary N) is 1. The van der Waals surface area contributed by atoms with Crippen LogP contribution in [0.25, 0.3) is 21.8 Å². The molecule has 0 saturated carbocycles. The van der Waals surface area contributed by atoms with Crippen LogP contribution in [0.15, 0.2) is 30.3 Å². The minimum absolute atomic E-state index is 0.0661. The number of carbonyl (C=O) groups excluding carboxylic acids is 2. The van der Waals surface area contributed by atoms with Gasteiger partial charge < -0.3 is 9.67 Å². The van der Waals surface area contributed by atoms with E-state index in [1.165, 1.54) is 0 Å². The summed E-state index contributed by atoms with van der Waals surface area (Å²) in [5.41, 5.74) is 3.45. The Balaban J connectivity index is 2.26. The van der Waals surface area contributed by atoms with Gasteiger partial charge in [0.15, 0.2) is 0 Å². The number of rotatable bonds is 2. The van der Waals surface area contributed by atoms with E-state index >= 15 is 0 Å². The zero-order valence-corrected chi connectivity index (χ0v) is 12.0. The Morgan fingerprint density at radius 3 is 2.59 bits per heavy atom. The number of amides is 2. The maximum absolute atomic E-state index is 12.3. The number of fused-ring (bicyclic) bond motifs is 5. The van der Waals surface area contributed by atoms with Crippen LogP contribution < -0.4 is 5.32 Å². The molecule has 0 unspecified atom stereocenters. The van der Waals surface area contributed by atoms with Gasteiger partial charge in [0, 0.05) is 35.5 Å². The number of benzene rings is 2. The number of hydrogen-bond acceptors (Lipinski definition) is 3. The average Bonchev–Trinajstić information content (AvgIpc) is 2.96. The first kappa shape index (κ1) is 13.0. The van der Waals surface area contributed by atoms with Crippen molar-refractivity contribution < 1.29 is 14.7 Å². The Bertz CT molecular complexity index is 969. The van der Waals surface area contributed by atoms with Crippen molar-refractivity contribution in [2.45, 2.75) is 6.42 Å². The van der Waals surface area contributed by atoms with Gasteiger partial charge in [0.2, 0.25) is 0 Å². The van der Waals surface area contributed by atoms with E-state index in [-0.39, 0.29) is 18.4 Å². The summed E-state index contributed by atoms with van der Waals surface area (Å²) < 4.78 is 2.02. The number of carbonyl (C=O) groups is 2. The van der Waals surface area contributed by atoms with Crippen LogP contribution in [0, 0.1) is 0 Å².